The van der Waals surface area contributed by atoms with Crippen LogP contribution in [0.5, 0.6) is 0 Å². The quantitative estimate of drug-likeness (QED) is 0.391. The zero-order chi connectivity index (χ0) is 26.2. The van der Waals surface area contributed by atoms with Crippen molar-refractivity contribution in [3.05, 3.63) is 101 Å². The van der Waals surface area contributed by atoms with Crippen LogP contribution >= 0.6 is 0 Å². The standard InChI is InChI=1S/C20H19NO.C8H11N5O/c1-3-9-15-10-8-11-16-14-17(4-2)21(20(22)19(15)16)18-12-6-5-7-13-18;1-3-4-11-8-5(7(10)14)6(9)12-13(8)2/h3,5-14H,4H2,1-2H3;3-4H,1H2,2H3,(H2,9,12)(H2,10,14)/b9-3+;11-4-. The molecule has 36 heavy (non-hydrogen) atoms. The van der Waals surface area contributed by atoms with Crippen molar-refractivity contribution in [1.29, 1.82) is 0 Å². The first kappa shape index (κ1) is 25.9. The Hall–Kier alpha value is -4.72. The Kier molecular flexibility index (Phi) is 8.35. The van der Waals surface area contributed by atoms with E-state index in [0.717, 1.165) is 34.1 Å². The molecule has 0 radical (unpaired) electrons. The van der Waals surface area contributed by atoms with Crippen LogP contribution in [-0.2, 0) is 13.5 Å². The predicted octanol–water partition coefficient (Wildman–Crippen LogP) is 4.58. The molecule has 8 heteroatoms. The van der Waals surface area contributed by atoms with E-state index in [1.807, 2.05) is 72.2 Å². The summed E-state index contributed by atoms with van der Waals surface area (Å²) in [6.45, 7) is 7.51. The fourth-order valence-corrected chi connectivity index (χ4v) is 3.92. The van der Waals surface area contributed by atoms with E-state index < -0.39 is 5.91 Å². The molecule has 4 N–H and O–H groups in total. The number of para-hydroxylation sites is 1. The molecule has 184 valence electrons. The number of primary amides is 1. The van der Waals surface area contributed by atoms with Crippen molar-refractivity contribution in [2.75, 3.05) is 5.73 Å². The fourth-order valence-electron chi connectivity index (χ4n) is 3.92. The molecule has 0 saturated carbocycles. The Bertz CT molecular complexity index is 1510. The van der Waals surface area contributed by atoms with Gasteiger partial charge in [-0.25, -0.2) is 9.67 Å². The molecule has 4 aromatic rings. The molecule has 0 saturated heterocycles. The van der Waals surface area contributed by atoms with Crippen molar-refractivity contribution in [2.24, 2.45) is 17.8 Å². The van der Waals surface area contributed by atoms with E-state index in [0.29, 0.717) is 5.82 Å². The van der Waals surface area contributed by atoms with Crippen LogP contribution in [0.15, 0.2) is 83.1 Å². The van der Waals surface area contributed by atoms with Crippen LogP contribution in [0.4, 0.5) is 11.6 Å². The Morgan fingerprint density at radius 3 is 2.50 bits per heavy atom. The number of rotatable bonds is 6. The topological polar surface area (TPSA) is 121 Å². The SMILES string of the molecule is C/C=C/c1cccc2cc(CC)n(-c3ccccc3)c(=O)c12.C=C/C=N\c1c(C(N)=O)c(N)nn1C. The van der Waals surface area contributed by atoms with Crippen molar-refractivity contribution in [3.8, 4) is 5.69 Å². The lowest BCUT2D eigenvalue weighted by molar-refractivity contribution is 0.100. The van der Waals surface area contributed by atoms with E-state index in [4.69, 9.17) is 11.5 Å². The number of pyridine rings is 1. The number of nitrogens with two attached hydrogens (primary N) is 2. The number of aryl methyl sites for hydroxylation is 2. The van der Waals surface area contributed by atoms with E-state index in [1.54, 1.807) is 7.05 Å². The zero-order valence-electron chi connectivity index (χ0n) is 20.7. The van der Waals surface area contributed by atoms with Crippen molar-refractivity contribution in [3.63, 3.8) is 0 Å². The Labute approximate surface area is 209 Å². The molecule has 0 aliphatic rings. The maximum atomic E-state index is 13.1. The number of carbonyl (C=O) groups excluding carboxylic acids is 1. The minimum absolute atomic E-state index is 0.0502. The molecule has 0 fully saturated rings. The van der Waals surface area contributed by atoms with Crippen molar-refractivity contribution in [1.82, 2.24) is 14.3 Å². The lowest BCUT2D eigenvalue weighted by atomic mass is 10.0. The van der Waals surface area contributed by atoms with Crippen molar-refractivity contribution < 1.29 is 4.79 Å². The van der Waals surface area contributed by atoms with Crippen LogP contribution in [0.25, 0.3) is 22.5 Å². The van der Waals surface area contributed by atoms with Crippen molar-refractivity contribution in [2.45, 2.75) is 20.3 Å². The molecule has 2 aromatic carbocycles. The molecule has 4 rings (SSSR count). The largest absolute Gasteiger partial charge is 0.381 e. The highest BCUT2D eigenvalue weighted by atomic mass is 16.1. The van der Waals surface area contributed by atoms with Gasteiger partial charge in [0, 0.05) is 24.6 Å². The van der Waals surface area contributed by atoms with Gasteiger partial charge in [-0.05, 0) is 42.5 Å². The van der Waals surface area contributed by atoms with Gasteiger partial charge >= 0.3 is 0 Å². The average molecular weight is 483 g/mol. The molecule has 0 unspecified atom stereocenters. The highest BCUT2D eigenvalue weighted by Gasteiger charge is 2.17. The number of anilines is 1. The summed E-state index contributed by atoms with van der Waals surface area (Å²) in [5.74, 6) is -0.238. The molecule has 8 nitrogen and oxygen atoms in total. The molecule has 0 aliphatic carbocycles. The number of benzene rings is 2. The normalized spacial score (nSPS) is 11.1. The van der Waals surface area contributed by atoms with Crippen molar-refractivity contribution >= 4 is 40.6 Å². The minimum Gasteiger partial charge on any atom is -0.381 e. The molecular formula is C28H30N6O2. The number of nitrogen functional groups attached to an aromatic ring is 1. The summed E-state index contributed by atoms with van der Waals surface area (Å²) in [7, 11) is 1.62. The third-order valence-electron chi connectivity index (χ3n) is 5.47. The first-order valence-electron chi connectivity index (χ1n) is 11.5. The number of amides is 1. The number of hydrogen-bond donors (Lipinski definition) is 2. The van der Waals surface area contributed by atoms with E-state index in [2.05, 4.69) is 29.7 Å². The number of aromatic nitrogens is 3. The summed E-state index contributed by atoms with van der Waals surface area (Å²) in [6.07, 6.45) is 7.68. The average Bonchev–Trinajstić information content (AvgIpc) is 3.16. The Balaban J connectivity index is 0.000000223. The predicted molar refractivity (Wildman–Crippen MR) is 148 cm³/mol. The van der Waals surface area contributed by atoms with Crippen LogP contribution in [-0.4, -0.2) is 26.5 Å². The van der Waals surface area contributed by atoms with Crippen LogP contribution in [0.1, 0.15) is 35.5 Å². The number of hydrogen-bond acceptors (Lipinski definition) is 5. The molecule has 0 atom stereocenters. The summed E-state index contributed by atoms with van der Waals surface area (Å²) in [5.41, 5.74) is 13.7. The highest BCUT2D eigenvalue weighted by molar-refractivity contribution is 6.02. The number of fused-ring (bicyclic) bond motifs is 1. The molecule has 1 amide bonds. The van der Waals surface area contributed by atoms with E-state index >= 15 is 0 Å². The third kappa shape index (κ3) is 5.33. The third-order valence-corrected chi connectivity index (χ3v) is 5.47. The summed E-state index contributed by atoms with van der Waals surface area (Å²) in [6, 6.07) is 18.0. The van der Waals surface area contributed by atoms with Crippen LogP contribution in [0, 0.1) is 0 Å². The van der Waals surface area contributed by atoms with Gasteiger partial charge in [0.15, 0.2) is 11.6 Å². The lowest BCUT2D eigenvalue weighted by Gasteiger charge is -2.14. The molecule has 0 spiro atoms. The lowest BCUT2D eigenvalue weighted by Crippen LogP contribution is -2.22. The number of aliphatic imine (C=N–C) groups is 1. The molecule has 2 aromatic heterocycles. The van der Waals surface area contributed by atoms with Crippen LogP contribution in [0.2, 0.25) is 0 Å². The van der Waals surface area contributed by atoms with E-state index in [1.165, 1.54) is 17.0 Å². The first-order chi connectivity index (χ1) is 17.3. The zero-order valence-corrected chi connectivity index (χ0v) is 20.7. The summed E-state index contributed by atoms with van der Waals surface area (Å²) >= 11 is 0. The molecule has 0 aliphatic heterocycles. The van der Waals surface area contributed by atoms with Gasteiger partial charge in [-0.2, -0.15) is 5.10 Å². The maximum absolute atomic E-state index is 13.1. The Morgan fingerprint density at radius 1 is 1.17 bits per heavy atom. The minimum atomic E-state index is -0.646. The van der Waals surface area contributed by atoms with E-state index in [9.17, 15) is 9.59 Å². The summed E-state index contributed by atoms with van der Waals surface area (Å²) < 4.78 is 3.21. The molecular weight excluding hydrogens is 452 g/mol. The van der Waals surface area contributed by atoms with Gasteiger partial charge in [-0.1, -0.05) is 68.1 Å². The molecule has 0 bridgehead atoms. The number of carbonyl (C=O) groups is 1. The fraction of sp³-hybridized carbons (Fsp3) is 0.143. The monoisotopic (exact) mass is 482 g/mol. The smallest absolute Gasteiger partial charge is 0.263 e. The van der Waals surface area contributed by atoms with Gasteiger partial charge in [0.25, 0.3) is 11.5 Å². The highest BCUT2D eigenvalue weighted by Crippen LogP contribution is 2.23. The second-order valence-electron chi connectivity index (χ2n) is 7.86. The van der Waals surface area contributed by atoms with Crippen LogP contribution < -0.4 is 17.0 Å². The molecule has 2 heterocycles. The van der Waals surface area contributed by atoms with Gasteiger partial charge in [0.2, 0.25) is 0 Å². The number of allylic oxidation sites excluding steroid dienone is 2. The van der Waals surface area contributed by atoms with Gasteiger partial charge in [-0.15, -0.1) is 0 Å². The summed E-state index contributed by atoms with van der Waals surface area (Å²) in [4.78, 5) is 28.1. The first-order valence-corrected chi connectivity index (χ1v) is 11.5. The summed E-state index contributed by atoms with van der Waals surface area (Å²) in [5, 5.41) is 5.61. The van der Waals surface area contributed by atoms with E-state index in [-0.39, 0.29) is 16.9 Å². The second-order valence-corrected chi connectivity index (χ2v) is 7.86. The maximum Gasteiger partial charge on any atom is 0.263 e. The van der Waals surface area contributed by atoms with Gasteiger partial charge < -0.3 is 11.5 Å². The number of nitrogens with zero attached hydrogens (tertiary/aromatic N) is 4. The van der Waals surface area contributed by atoms with Gasteiger partial charge in [0.05, 0.1) is 5.39 Å². The second kappa shape index (κ2) is 11.6. The van der Waals surface area contributed by atoms with Gasteiger partial charge in [-0.3, -0.25) is 14.2 Å². The van der Waals surface area contributed by atoms with Crippen LogP contribution in [0.3, 0.4) is 0 Å². The van der Waals surface area contributed by atoms with Gasteiger partial charge in [0.1, 0.15) is 5.56 Å². The Morgan fingerprint density at radius 2 is 1.89 bits per heavy atom.